The molecule has 1 aliphatic carbocycles. The van der Waals surface area contributed by atoms with Crippen molar-refractivity contribution in [2.75, 3.05) is 46.4 Å². The molecular weight excluding hydrogens is 402 g/mol. The Hall–Kier alpha value is -2.12. The topological polar surface area (TPSA) is 69.2 Å². The van der Waals surface area contributed by atoms with Crippen LogP contribution < -0.4 is 10.6 Å². The molecule has 2 N–H and O–H groups in total. The van der Waals surface area contributed by atoms with Gasteiger partial charge in [-0.05, 0) is 30.4 Å². The van der Waals surface area contributed by atoms with Crippen molar-refractivity contribution < 1.29 is 9.53 Å². The number of carbonyl (C=O) groups is 1. The third kappa shape index (κ3) is 6.45. The first-order chi connectivity index (χ1) is 15.7. The lowest BCUT2D eigenvalue weighted by Crippen LogP contribution is -2.45. The molecule has 2 aliphatic heterocycles. The van der Waals surface area contributed by atoms with E-state index in [9.17, 15) is 4.79 Å². The van der Waals surface area contributed by atoms with Crippen LogP contribution in [0, 0.1) is 5.92 Å². The molecule has 1 atom stereocenters. The van der Waals surface area contributed by atoms with E-state index in [4.69, 9.17) is 4.74 Å². The van der Waals surface area contributed by atoms with Crippen molar-refractivity contribution in [2.24, 2.45) is 10.9 Å². The minimum atomic E-state index is 0.254. The summed E-state index contributed by atoms with van der Waals surface area (Å²) in [5, 5.41) is 6.98. The summed E-state index contributed by atoms with van der Waals surface area (Å²) in [6.45, 7) is 6.99. The summed E-state index contributed by atoms with van der Waals surface area (Å²) in [5.74, 6) is 1.43. The summed E-state index contributed by atoms with van der Waals surface area (Å²) in [4.78, 5) is 21.7. The molecule has 1 unspecified atom stereocenters. The SMILES string of the molecule is CN=C(NCc1cccc(CN2CCOCC2)c1)NC1CCN(C(=O)C2CCCCC2)C1. The van der Waals surface area contributed by atoms with Crippen molar-refractivity contribution in [3.8, 4) is 0 Å². The van der Waals surface area contributed by atoms with Crippen LogP contribution in [0.4, 0.5) is 0 Å². The number of ether oxygens (including phenoxy) is 1. The molecule has 1 amide bonds. The van der Waals surface area contributed by atoms with Gasteiger partial charge in [-0.3, -0.25) is 14.7 Å². The molecule has 1 saturated carbocycles. The van der Waals surface area contributed by atoms with E-state index >= 15 is 0 Å². The Labute approximate surface area is 192 Å². The smallest absolute Gasteiger partial charge is 0.225 e. The fourth-order valence-corrected chi connectivity index (χ4v) is 5.12. The van der Waals surface area contributed by atoms with E-state index in [0.29, 0.717) is 5.91 Å². The van der Waals surface area contributed by atoms with Gasteiger partial charge in [0, 0.05) is 58.3 Å². The lowest BCUT2D eigenvalue weighted by Gasteiger charge is -2.26. The van der Waals surface area contributed by atoms with Gasteiger partial charge in [0.1, 0.15) is 0 Å². The molecule has 4 rings (SSSR count). The highest BCUT2D eigenvalue weighted by Gasteiger charge is 2.31. The van der Waals surface area contributed by atoms with Crippen LogP contribution >= 0.6 is 0 Å². The summed E-state index contributed by atoms with van der Waals surface area (Å²) < 4.78 is 5.45. The lowest BCUT2D eigenvalue weighted by molar-refractivity contribution is -0.135. The summed E-state index contributed by atoms with van der Waals surface area (Å²) >= 11 is 0. The second kappa shape index (κ2) is 11.7. The third-order valence-corrected chi connectivity index (χ3v) is 6.98. The highest BCUT2D eigenvalue weighted by molar-refractivity contribution is 5.81. The lowest BCUT2D eigenvalue weighted by atomic mass is 9.88. The molecule has 7 heteroatoms. The Bertz CT molecular complexity index is 771. The molecular formula is C25H39N5O2. The molecule has 7 nitrogen and oxygen atoms in total. The van der Waals surface area contributed by atoms with Gasteiger partial charge in [-0.1, -0.05) is 43.5 Å². The Morgan fingerprint density at radius 2 is 1.88 bits per heavy atom. The van der Waals surface area contributed by atoms with Gasteiger partial charge < -0.3 is 20.3 Å². The van der Waals surface area contributed by atoms with Gasteiger partial charge in [0.05, 0.1) is 13.2 Å². The second-order valence-electron chi connectivity index (χ2n) is 9.38. The van der Waals surface area contributed by atoms with Crippen LogP contribution in [0.1, 0.15) is 49.7 Å². The first kappa shape index (κ1) is 23.1. The van der Waals surface area contributed by atoms with E-state index in [1.807, 2.05) is 7.05 Å². The average molecular weight is 442 g/mol. The summed E-state index contributed by atoms with van der Waals surface area (Å²) in [5.41, 5.74) is 2.58. The minimum Gasteiger partial charge on any atom is -0.379 e. The van der Waals surface area contributed by atoms with Crippen molar-refractivity contribution in [2.45, 2.75) is 57.7 Å². The first-order valence-electron chi connectivity index (χ1n) is 12.3. The predicted molar refractivity (Wildman–Crippen MR) is 127 cm³/mol. The Kier molecular flexibility index (Phi) is 8.40. The number of rotatable bonds is 6. The number of amides is 1. The number of morpholine rings is 1. The van der Waals surface area contributed by atoms with E-state index in [0.717, 1.165) is 77.7 Å². The van der Waals surface area contributed by atoms with Gasteiger partial charge in [-0.25, -0.2) is 0 Å². The number of aliphatic imine (C=N–C) groups is 1. The van der Waals surface area contributed by atoms with E-state index < -0.39 is 0 Å². The summed E-state index contributed by atoms with van der Waals surface area (Å²) in [6.07, 6.45) is 6.81. The highest BCUT2D eigenvalue weighted by Crippen LogP contribution is 2.26. The van der Waals surface area contributed by atoms with Crippen LogP contribution in [0.2, 0.25) is 0 Å². The average Bonchev–Trinajstić information content (AvgIpc) is 3.31. The minimum absolute atomic E-state index is 0.254. The van der Waals surface area contributed by atoms with Crippen LogP contribution in [0.15, 0.2) is 29.3 Å². The van der Waals surface area contributed by atoms with Crippen LogP contribution in [-0.2, 0) is 22.6 Å². The molecule has 32 heavy (non-hydrogen) atoms. The summed E-state index contributed by atoms with van der Waals surface area (Å²) in [7, 11) is 1.81. The molecule has 3 fully saturated rings. The zero-order valence-corrected chi connectivity index (χ0v) is 19.5. The van der Waals surface area contributed by atoms with Gasteiger partial charge in [0.25, 0.3) is 0 Å². The largest absolute Gasteiger partial charge is 0.379 e. The Morgan fingerprint density at radius 1 is 1.09 bits per heavy atom. The maximum atomic E-state index is 12.8. The van der Waals surface area contributed by atoms with Crippen molar-refractivity contribution in [1.29, 1.82) is 0 Å². The predicted octanol–water partition coefficient (Wildman–Crippen LogP) is 2.37. The number of hydrogen-bond acceptors (Lipinski definition) is 4. The number of nitrogens with zero attached hydrogens (tertiary/aromatic N) is 3. The van der Waals surface area contributed by atoms with Gasteiger partial charge in [-0.15, -0.1) is 0 Å². The van der Waals surface area contributed by atoms with Gasteiger partial charge >= 0.3 is 0 Å². The maximum Gasteiger partial charge on any atom is 0.225 e. The molecule has 176 valence electrons. The monoisotopic (exact) mass is 441 g/mol. The third-order valence-electron chi connectivity index (χ3n) is 6.98. The second-order valence-corrected chi connectivity index (χ2v) is 9.38. The molecule has 2 heterocycles. The maximum absolute atomic E-state index is 12.8. The van der Waals surface area contributed by atoms with Crippen molar-refractivity contribution >= 4 is 11.9 Å². The zero-order valence-electron chi connectivity index (χ0n) is 19.5. The van der Waals surface area contributed by atoms with E-state index in [-0.39, 0.29) is 12.0 Å². The van der Waals surface area contributed by atoms with E-state index in [2.05, 4.69) is 49.7 Å². The van der Waals surface area contributed by atoms with Crippen LogP contribution in [0.3, 0.4) is 0 Å². The van der Waals surface area contributed by atoms with E-state index in [1.165, 1.54) is 30.4 Å². The standard InChI is InChI=1S/C25H39N5O2/c1-26-25(28-23-10-11-30(19-23)24(31)22-8-3-2-4-9-22)27-17-20-6-5-7-21(16-20)18-29-12-14-32-15-13-29/h5-7,16,22-23H,2-4,8-15,17-19H2,1H3,(H2,26,27,28). The molecule has 3 aliphatic rings. The molecule has 0 radical (unpaired) electrons. The van der Waals surface area contributed by atoms with Gasteiger partial charge in [-0.2, -0.15) is 0 Å². The van der Waals surface area contributed by atoms with Crippen LogP contribution in [0.25, 0.3) is 0 Å². The normalized spacial score (nSPS) is 23.3. The van der Waals surface area contributed by atoms with E-state index in [1.54, 1.807) is 0 Å². The number of hydrogen-bond donors (Lipinski definition) is 2. The molecule has 1 aromatic carbocycles. The first-order valence-corrected chi connectivity index (χ1v) is 12.3. The number of nitrogens with one attached hydrogen (secondary N) is 2. The number of guanidine groups is 1. The van der Waals surface area contributed by atoms with Crippen molar-refractivity contribution in [3.63, 3.8) is 0 Å². The molecule has 0 aromatic heterocycles. The zero-order chi connectivity index (χ0) is 22.2. The molecule has 0 spiro atoms. The number of likely N-dealkylation sites (tertiary alicyclic amines) is 1. The Balaban J connectivity index is 1.23. The van der Waals surface area contributed by atoms with Gasteiger partial charge in [0.15, 0.2) is 5.96 Å². The fraction of sp³-hybridized carbons (Fsp3) is 0.680. The molecule has 0 bridgehead atoms. The van der Waals surface area contributed by atoms with Crippen molar-refractivity contribution in [3.05, 3.63) is 35.4 Å². The molecule has 2 saturated heterocycles. The summed E-state index contributed by atoms with van der Waals surface area (Å²) in [6, 6.07) is 9.03. The highest BCUT2D eigenvalue weighted by atomic mass is 16.5. The van der Waals surface area contributed by atoms with Crippen LogP contribution in [0.5, 0.6) is 0 Å². The van der Waals surface area contributed by atoms with Gasteiger partial charge in [0.2, 0.25) is 5.91 Å². The number of benzene rings is 1. The Morgan fingerprint density at radius 3 is 2.66 bits per heavy atom. The fourth-order valence-electron chi connectivity index (χ4n) is 5.12. The quantitative estimate of drug-likeness (QED) is 0.524. The number of carbonyl (C=O) groups excluding carboxylic acids is 1. The molecule has 1 aromatic rings. The van der Waals surface area contributed by atoms with Crippen molar-refractivity contribution in [1.82, 2.24) is 20.4 Å². The van der Waals surface area contributed by atoms with Crippen LogP contribution in [-0.4, -0.2) is 74.1 Å².